The molecule has 0 spiro atoms. The van der Waals surface area contributed by atoms with Gasteiger partial charge in [-0.15, -0.1) is 11.3 Å². The monoisotopic (exact) mass is 417 g/mol. The molecule has 0 aliphatic heterocycles. The summed E-state index contributed by atoms with van der Waals surface area (Å²) < 4.78 is 17.9. The van der Waals surface area contributed by atoms with Gasteiger partial charge < -0.3 is 14.2 Å². The second kappa shape index (κ2) is 9.43. The number of carbonyl (C=O) groups is 1. The molecule has 0 saturated carbocycles. The maximum absolute atomic E-state index is 12.1. The molecular formula is C19H19N3O4S2. The van der Waals surface area contributed by atoms with E-state index in [1.807, 2.05) is 24.3 Å². The molecule has 0 bridgehead atoms. The van der Waals surface area contributed by atoms with Crippen molar-refractivity contribution in [2.24, 2.45) is 5.10 Å². The minimum atomic E-state index is -0.230. The highest BCUT2D eigenvalue weighted by Gasteiger charge is 2.12. The number of ether oxygens (including phenoxy) is 3. The molecule has 1 heterocycles. The molecule has 0 aliphatic carbocycles. The van der Waals surface area contributed by atoms with Gasteiger partial charge in [0, 0.05) is 12.1 Å². The van der Waals surface area contributed by atoms with Crippen LogP contribution in [0.5, 0.6) is 17.2 Å². The molecule has 9 heteroatoms. The number of thiazole rings is 1. The average molecular weight is 418 g/mol. The van der Waals surface area contributed by atoms with E-state index in [1.54, 1.807) is 44.8 Å². The molecular weight excluding hydrogens is 398 g/mol. The first-order chi connectivity index (χ1) is 13.6. The second-order valence-electron chi connectivity index (χ2n) is 5.47. The first kappa shape index (κ1) is 20.0. The van der Waals surface area contributed by atoms with Gasteiger partial charge in [-0.3, -0.25) is 4.79 Å². The lowest BCUT2D eigenvalue weighted by Crippen LogP contribution is -2.19. The van der Waals surface area contributed by atoms with Gasteiger partial charge in [-0.1, -0.05) is 23.9 Å². The van der Waals surface area contributed by atoms with Crippen LogP contribution in [0.25, 0.3) is 10.2 Å². The zero-order chi connectivity index (χ0) is 19.9. The van der Waals surface area contributed by atoms with Gasteiger partial charge in [0.15, 0.2) is 4.34 Å². The number of nitrogens with zero attached hydrogens (tertiary/aromatic N) is 2. The van der Waals surface area contributed by atoms with Crippen LogP contribution in [0.1, 0.15) is 5.56 Å². The number of amides is 1. The van der Waals surface area contributed by atoms with Crippen LogP contribution in [0.4, 0.5) is 0 Å². The van der Waals surface area contributed by atoms with Crippen molar-refractivity contribution in [3.05, 3.63) is 42.0 Å². The fourth-order valence-electron chi connectivity index (χ4n) is 2.40. The molecule has 0 fully saturated rings. The number of benzene rings is 2. The van der Waals surface area contributed by atoms with E-state index in [-0.39, 0.29) is 11.7 Å². The van der Waals surface area contributed by atoms with E-state index in [0.717, 1.165) is 14.6 Å². The number of para-hydroxylation sites is 1. The van der Waals surface area contributed by atoms with Gasteiger partial charge in [-0.2, -0.15) is 5.10 Å². The van der Waals surface area contributed by atoms with Gasteiger partial charge in [-0.05, 0) is 12.1 Å². The predicted molar refractivity (Wildman–Crippen MR) is 112 cm³/mol. The van der Waals surface area contributed by atoms with Crippen molar-refractivity contribution in [3.8, 4) is 17.2 Å². The molecule has 146 valence electrons. The van der Waals surface area contributed by atoms with Crippen LogP contribution < -0.4 is 19.6 Å². The molecule has 7 nitrogen and oxygen atoms in total. The van der Waals surface area contributed by atoms with E-state index < -0.39 is 0 Å². The Hall–Kier alpha value is -2.78. The van der Waals surface area contributed by atoms with E-state index in [1.165, 1.54) is 18.0 Å². The van der Waals surface area contributed by atoms with Crippen LogP contribution in [0.2, 0.25) is 0 Å². The summed E-state index contributed by atoms with van der Waals surface area (Å²) in [6, 6.07) is 11.3. The molecule has 1 aromatic heterocycles. The number of rotatable bonds is 8. The van der Waals surface area contributed by atoms with Crippen LogP contribution in [-0.4, -0.2) is 44.2 Å². The number of methoxy groups -OCH3 is 3. The molecule has 0 atom stereocenters. The lowest BCUT2D eigenvalue weighted by Gasteiger charge is -2.12. The van der Waals surface area contributed by atoms with Crippen molar-refractivity contribution in [2.75, 3.05) is 27.1 Å². The fourth-order valence-corrected chi connectivity index (χ4v) is 4.26. The number of fused-ring (bicyclic) bond motifs is 1. The number of carbonyl (C=O) groups excluding carboxylic acids is 1. The Morgan fingerprint density at radius 1 is 1.18 bits per heavy atom. The first-order valence-electron chi connectivity index (χ1n) is 8.25. The number of nitrogens with one attached hydrogen (secondary N) is 1. The maximum Gasteiger partial charge on any atom is 0.250 e. The van der Waals surface area contributed by atoms with Crippen LogP contribution in [-0.2, 0) is 4.79 Å². The van der Waals surface area contributed by atoms with Crippen molar-refractivity contribution in [3.63, 3.8) is 0 Å². The molecule has 0 unspecified atom stereocenters. The van der Waals surface area contributed by atoms with Crippen molar-refractivity contribution < 1.29 is 19.0 Å². The highest BCUT2D eigenvalue weighted by atomic mass is 32.2. The molecule has 1 amide bonds. The molecule has 3 aromatic rings. The van der Waals surface area contributed by atoms with Gasteiger partial charge in [-0.25, -0.2) is 10.4 Å². The van der Waals surface area contributed by atoms with Crippen molar-refractivity contribution in [1.82, 2.24) is 10.4 Å². The van der Waals surface area contributed by atoms with Gasteiger partial charge in [0.25, 0.3) is 5.91 Å². The molecule has 2 aromatic carbocycles. The van der Waals surface area contributed by atoms with Crippen LogP contribution in [0.15, 0.2) is 45.8 Å². The van der Waals surface area contributed by atoms with Crippen molar-refractivity contribution in [1.29, 1.82) is 0 Å². The van der Waals surface area contributed by atoms with Crippen molar-refractivity contribution >= 4 is 45.4 Å². The SMILES string of the molecule is COc1cc(OC)c(/C=N\NC(=O)CSc2nc3ccccc3s2)c(OC)c1. The van der Waals surface area contributed by atoms with Gasteiger partial charge in [0.2, 0.25) is 0 Å². The van der Waals surface area contributed by atoms with E-state index in [0.29, 0.717) is 22.8 Å². The Labute approximate surface area is 170 Å². The standard InChI is InChI=1S/C19H19N3O4S2/c1-24-12-8-15(25-2)13(16(9-12)26-3)10-20-22-18(23)11-27-19-21-14-6-4-5-7-17(14)28-19/h4-10H,11H2,1-3H3,(H,22,23)/b20-10-. The third-order valence-electron chi connectivity index (χ3n) is 3.74. The first-order valence-corrected chi connectivity index (χ1v) is 10.0. The number of aromatic nitrogens is 1. The maximum atomic E-state index is 12.1. The van der Waals surface area contributed by atoms with E-state index in [4.69, 9.17) is 14.2 Å². The molecule has 0 radical (unpaired) electrons. The minimum absolute atomic E-state index is 0.216. The molecule has 3 rings (SSSR count). The van der Waals surface area contributed by atoms with Gasteiger partial charge in [0.05, 0.1) is 49.1 Å². The molecule has 0 saturated heterocycles. The number of hydrogen-bond donors (Lipinski definition) is 1. The topological polar surface area (TPSA) is 82.0 Å². The van der Waals surface area contributed by atoms with Crippen LogP contribution >= 0.6 is 23.1 Å². The average Bonchev–Trinajstić information content (AvgIpc) is 3.15. The Balaban J connectivity index is 1.61. The summed E-state index contributed by atoms with van der Waals surface area (Å²) in [4.78, 5) is 16.6. The predicted octanol–water partition coefficient (Wildman–Crippen LogP) is 3.56. The van der Waals surface area contributed by atoms with Crippen molar-refractivity contribution in [2.45, 2.75) is 4.34 Å². The Morgan fingerprint density at radius 3 is 2.54 bits per heavy atom. The third-order valence-corrected chi connectivity index (χ3v) is 5.92. The van der Waals surface area contributed by atoms with Crippen LogP contribution in [0.3, 0.4) is 0 Å². The molecule has 28 heavy (non-hydrogen) atoms. The largest absolute Gasteiger partial charge is 0.496 e. The zero-order valence-corrected chi connectivity index (χ0v) is 17.2. The normalized spacial score (nSPS) is 11.0. The zero-order valence-electron chi connectivity index (χ0n) is 15.6. The van der Waals surface area contributed by atoms with Gasteiger partial charge >= 0.3 is 0 Å². The summed E-state index contributed by atoms with van der Waals surface area (Å²) in [6.07, 6.45) is 1.48. The van der Waals surface area contributed by atoms with Gasteiger partial charge in [0.1, 0.15) is 17.2 Å². The molecule has 1 N–H and O–H groups in total. The number of hydrazone groups is 1. The highest BCUT2D eigenvalue weighted by Crippen LogP contribution is 2.32. The Kier molecular flexibility index (Phi) is 6.72. The summed E-state index contributed by atoms with van der Waals surface area (Å²) >= 11 is 2.94. The minimum Gasteiger partial charge on any atom is -0.496 e. The second-order valence-corrected chi connectivity index (χ2v) is 7.73. The van der Waals surface area contributed by atoms with E-state index >= 15 is 0 Å². The lowest BCUT2D eigenvalue weighted by atomic mass is 10.2. The highest BCUT2D eigenvalue weighted by molar-refractivity contribution is 8.01. The Morgan fingerprint density at radius 2 is 1.89 bits per heavy atom. The summed E-state index contributed by atoms with van der Waals surface area (Å²) in [5.74, 6) is 1.64. The van der Waals surface area contributed by atoms with Crippen LogP contribution in [0, 0.1) is 0 Å². The summed E-state index contributed by atoms with van der Waals surface area (Å²) in [5.41, 5.74) is 4.05. The Bertz CT molecular complexity index is 946. The fraction of sp³-hybridized carbons (Fsp3) is 0.211. The summed E-state index contributed by atoms with van der Waals surface area (Å²) in [5, 5.41) is 4.01. The lowest BCUT2D eigenvalue weighted by molar-refractivity contribution is -0.118. The molecule has 0 aliphatic rings. The number of thioether (sulfide) groups is 1. The summed E-state index contributed by atoms with van der Waals surface area (Å²) in [7, 11) is 4.64. The van der Waals surface area contributed by atoms with E-state index in [2.05, 4.69) is 15.5 Å². The van der Waals surface area contributed by atoms with E-state index in [9.17, 15) is 4.79 Å². The smallest absolute Gasteiger partial charge is 0.250 e. The number of hydrogen-bond acceptors (Lipinski definition) is 8. The quantitative estimate of drug-likeness (QED) is 0.343. The summed E-state index contributed by atoms with van der Waals surface area (Å²) in [6.45, 7) is 0. The third kappa shape index (κ3) is 4.73.